The Morgan fingerprint density at radius 2 is 1.95 bits per heavy atom. The van der Waals surface area contributed by atoms with Gasteiger partial charge in [0.25, 0.3) is 5.91 Å². The molecule has 19 heavy (non-hydrogen) atoms. The van der Waals surface area contributed by atoms with Crippen LogP contribution in [0.2, 0.25) is 0 Å². The summed E-state index contributed by atoms with van der Waals surface area (Å²) >= 11 is 0. The van der Waals surface area contributed by atoms with Crippen LogP contribution in [0.15, 0.2) is 65.9 Å². The second-order valence-electron chi connectivity index (χ2n) is 4.59. The number of carbonyl (C=O) groups is 1. The minimum Gasteiger partial charge on any atom is -0.312 e. The van der Waals surface area contributed by atoms with Gasteiger partial charge in [0.1, 0.15) is 0 Å². The highest BCUT2D eigenvalue weighted by atomic mass is 16.2. The van der Waals surface area contributed by atoms with Crippen molar-refractivity contribution in [2.24, 2.45) is 0 Å². The van der Waals surface area contributed by atoms with Gasteiger partial charge in [0, 0.05) is 24.2 Å². The SMILES string of the molecule is CCN(C(=O)c1ccccc1)C1=CC=C(C)C=CC1. The second-order valence-corrected chi connectivity index (χ2v) is 4.59. The Morgan fingerprint density at radius 1 is 1.21 bits per heavy atom. The number of rotatable bonds is 3. The van der Waals surface area contributed by atoms with Crippen LogP contribution < -0.4 is 0 Å². The maximum Gasteiger partial charge on any atom is 0.258 e. The molecule has 1 aliphatic rings. The van der Waals surface area contributed by atoms with E-state index in [1.807, 2.05) is 48.2 Å². The zero-order valence-electron chi connectivity index (χ0n) is 11.5. The average molecular weight is 253 g/mol. The van der Waals surface area contributed by atoms with E-state index < -0.39 is 0 Å². The van der Waals surface area contributed by atoms with Crippen molar-refractivity contribution in [1.29, 1.82) is 0 Å². The van der Waals surface area contributed by atoms with E-state index in [0.29, 0.717) is 6.54 Å². The first-order chi connectivity index (χ1) is 9.22. The number of allylic oxidation sites excluding steroid dienone is 5. The molecule has 2 nitrogen and oxygen atoms in total. The van der Waals surface area contributed by atoms with Crippen molar-refractivity contribution < 1.29 is 4.79 Å². The summed E-state index contributed by atoms with van der Waals surface area (Å²) in [5.74, 6) is 0.0655. The van der Waals surface area contributed by atoms with Gasteiger partial charge in [-0.2, -0.15) is 0 Å². The van der Waals surface area contributed by atoms with Gasteiger partial charge in [-0.25, -0.2) is 0 Å². The number of hydrogen-bond acceptors (Lipinski definition) is 1. The van der Waals surface area contributed by atoms with E-state index in [9.17, 15) is 4.79 Å². The first-order valence-electron chi connectivity index (χ1n) is 6.63. The third kappa shape index (κ3) is 3.22. The van der Waals surface area contributed by atoms with Crippen LogP contribution in [0.3, 0.4) is 0 Å². The Balaban J connectivity index is 2.26. The van der Waals surface area contributed by atoms with Gasteiger partial charge < -0.3 is 4.90 Å². The normalized spacial score (nSPS) is 14.4. The van der Waals surface area contributed by atoms with E-state index in [1.54, 1.807) is 0 Å². The summed E-state index contributed by atoms with van der Waals surface area (Å²) in [6.07, 6.45) is 9.08. The molecule has 0 radical (unpaired) electrons. The molecule has 0 aliphatic heterocycles. The Bertz CT molecular complexity index is 538. The van der Waals surface area contributed by atoms with Crippen LogP contribution in [0, 0.1) is 0 Å². The van der Waals surface area contributed by atoms with E-state index in [2.05, 4.69) is 25.2 Å². The van der Waals surface area contributed by atoms with Crippen molar-refractivity contribution in [1.82, 2.24) is 4.90 Å². The zero-order valence-corrected chi connectivity index (χ0v) is 11.5. The molecule has 0 unspecified atom stereocenters. The molecule has 0 saturated heterocycles. The van der Waals surface area contributed by atoms with Crippen molar-refractivity contribution in [2.75, 3.05) is 6.54 Å². The monoisotopic (exact) mass is 253 g/mol. The Morgan fingerprint density at radius 3 is 2.63 bits per heavy atom. The third-order valence-corrected chi connectivity index (χ3v) is 3.18. The predicted molar refractivity (Wildman–Crippen MR) is 78.7 cm³/mol. The number of benzene rings is 1. The molecule has 98 valence electrons. The number of carbonyl (C=O) groups excluding carboxylic acids is 1. The molecule has 0 saturated carbocycles. The van der Waals surface area contributed by atoms with Gasteiger partial charge in [0.05, 0.1) is 0 Å². The van der Waals surface area contributed by atoms with Crippen molar-refractivity contribution >= 4 is 5.91 Å². The lowest BCUT2D eigenvalue weighted by molar-refractivity contribution is 0.0810. The first-order valence-corrected chi connectivity index (χ1v) is 6.63. The van der Waals surface area contributed by atoms with Gasteiger partial charge in [0.2, 0.25) is 0 Å². The fourth-order valence-electron chi connectivity index (χ4n) is 2.13. The van der Waals surface area contributed by atoms with Crippen LogP contribution >= 0.6 is 0 Å². The zero-order chi connectivity index (χ0) is 13.7. The molecular weight excluding hydrogens is 234 g/mol. The van der Waals surface area contributed by atoms with Crippen LogP contribution in [-0.2, 0) is 0 Å². The smallest absolute Gasteiger partial charge is 0.258 e. The quantitative estimate of drug-likeness (QED) is 0.799. The highest BCUT2D eigenvalue weighted by molar-refractivity contribution is 5.95. The second kappa shape index (κ2) is 6.19. The number of hydrogen-bond donors (Lipinski definition) is 0. The first kappa shape index (κ1) is 13.3. The topological polar surface area (TPSA) is 20.3 Å². The van der Waals surface area contributed by atoms with Crippen LogP contribution in [0.1, 0.15) is 30.6 Å². The Kier molecular flexibility index (Phi) is 4.35. The van der Waals surface area contributed by atoms with Gasteiger partial charge in [-0.05, 0) is 32.1 Å². The molecule has 0 bridgehead atoms. The maximum absolute atomic E-state index is 12.5. The van der Waals surface area contributed by atoms with Crippen LogP contribution in [0.5, 0.6) is 0 Å². The molecule has 0 spiro atoms. The molecule has 1 aromatic rings. The van der Waals surface area contributed by atoms with Gasteiger partial charge >= 0.3 is 0 Å². The van der Waals surface area contributed by atoms with Crippen molar-refractivity contribution in [2.45, 2.75) is 20.3 Å². The molecule has 1 aromatic carbocycles. The lowest BCUT2D eigenvalue weighted by atomic mass is 10.1. The van der Waals surface area contributed by atoms with Crippen LogP contribution in [0.25, 0.3) is 0 Å². The standard InChI is InChI=1S/C17H19NO/c1-3-18(16-11-7-8-14(2)12-13-16)17(19)15-9-5-4-6-10-15/h4-10,12-13H,3,11H2,1-2H3. The molecule has 1 amide bonds. The Labute approximate surface area is 114 Å². The fraction of sp³-hybridized carbons (Fsp3) is 0.235. The maximum atomic E-state index is 12.5. The van der Waals surface area contributed by atoms with E-state index in [1.165, 1.54) is 5.57 Å². The minimum atomic E-state index is 0.0655. The summed E-state index contributed by atoms with van der Waals surface area (Å²) in [6.45, 7) is 4.75. The van der Waals surface area contributed by atoms with E-state index in [-0.39, 0.29) is 5.91 Å². The van der Waals surface area contributed by atoms with Crippen molar-refractivity contribution in [3.63, 3.8) is 0 Å². The van der Waals surface area contributed by atoms with Gasteiger partial charge in [-0.3, -0.25) is 4.79 Å². The van der Waals surface area contributed by atoms with Crippen LogP contribution in [-0.4, -0.2) is 17.4 Å². The summed E-state index contributed by atoms with van der Waals surface area (Å²) in [4.78, 5) is 14.4. The van der Waals surface area contributed by atoms with Gasteiger partial charge in [-0.15, -0.1) is 0 Å². The van der Waals surface area contributed by atoms with Gasteiger partial charge in [-0.1, -0.05) is 42.0 Å². The van der Waals surface area contributed by atoms with Gasteiger partial charge in [0.15, 0.2) is 0 Å². The summed E-state index contributed by atoms with van der Waals surface area (Å²) in [5, 5.41) is 0. The molecule has 2 rings (SSSR count). The number of nitrogens with zero attached hydrogens (tertiary/aromatic N) is 1. The fourth-order valence-corrected chi connectivity index (χ4v) is 2.13. The summed E-state index contributed by atoms with van der Waals surface area (Å²) < 4.78 is 0. The molecule has 0 heterocycles. The van der Waals surface area contributed by atoms with E-state index >= 15 is 0 Å². The minimum absolute atomic E-state index is 0.0655. The predicted octanol–water partition coefficient (Wildman–Crippen LogP) is 3.94. The lowest BCUT2D eigenvalue weighted by Gasteiger charge is -2.23. The summed E-state index contributed by atoms with van der Waals surface area (Å²) in [5.41, 5.74) is 2.99. The van der Waals surface area contributed by atoms with Crippen molar-refractivity contribution in [3.05, 3.63) is 71.5 Å². The molecule has 0 fully saturated rings. The van der Waals surface area contributed by atoms with Crippen LogP contribution in [0.4, 0.5) is 0 Å². The van der Waals surface area contributed by atoms with Crippen molar-refractivity contribution in [3.8, 4) is 0 Å². The third-order valence-electron chi connectivity index (χ3n) is 3.18. The van der Waals surface area contributed by atoms with E-state index in [4.69, 9.17) is 0 Å². The highest BCUT2D eigenvalue weighted by Gasteiger charge is 2.17. The number of amides is 1. The largest absolute Gasteiger partial charge is 0.312 e. The summed E-state index contributed by atoms with van der Waals surface area (Å²) in [7, 11) is 0. The Hall–Kier alpha value is -2.09. The molecular formula is C17H19NO. The lowest BCUT2D eigenvalue weighted by Crippen LogP contribution is -2.30. The molecule has 1 aliphatic carbocycles. The molecule has 0 atom stereocenters. The van der Waals surface area contributed by atoms with E-state index in [0.717, 1.165) is 17.7 Å². The highest BCUT2D eigenvalue weighted by Crippen LogP contribution is 2.18. The molecule has 0 N–H and O–H groups in total. The summed E-state index contributed by atoms with van der Waals surface area (Å²) in [6, 6.07) is 9.43. The average Bonchev–Trinajstić information content (AvgIpc) is 2.66. The molecule has 2 heteroatoms. The molecule has 0 aromatic heterocycles.